The van der Waals surface area contributed by atoms with Crippen molar-refractivity contribution >= 4 is 17.6 Å². The normalized spacial score (nSPS) is 15.4. The van der Waals surface area contributed by atoms with Crippen molar-refractivity contribution in [3.63, 3.8) is 0 Å². The fraction of sp³-hybridized carbons (Fsp3) is 0.529. The monoisotopic (exact) mass is 336 g/mol. The van der Waals surface area contributed by atoms with Crippen molar-refractivity contribution in [2.45, 2.75) is 13.8 Å². The maximum atomic E-state index is 13.8. The first-order valence-electron chi connectivity index (χ1n) is 8.25. The zero-order valence-electron chi connectivity index (χ0n) is 14.2. The van der Waals surface area contributed by atoms with Crippen LogP contribution in [0.1, 0.15) is 13.8 Å². The summed E-state index contributed by atoms with van der Waals surface area (Å²) in [6.07, 6.45) is 0. The van der Waals surface area contributed by atoms with E-state index in [1.807, 2.05) is 29.7 Å². The molecule has 24 heavy (non-hydrogen) atoms. The van der Waals surface area contributed by atoms with E-state index in [9.17, 15) is 14.0 Å². The number of hydrogen-bond donors (Lipinski definition) is 2. The van der Waals surface area contributed by atoms with Crippen LogP contribution in [-0.4, -0.2) is 56.1 Å². The first-order valence-corrected chi connectivity index (χ1v) is 8.25. The predicted molar refractivity (Wildman–Crippen MR) is 91.4 cm³/mol. The first-order chi connectivity index (χ1) is 11.5. The number of para-hydroxylation sites is 1. The van der Waals surface area contributed by atoms with Crippen molar-refractivity contribution in [3.8, 4) is 0 Å². The van der Waals surface area contributed by atoms with Crippen LogP contribution >= 0.6 is 0 Å². The Balaban J connectivity index is 1.74. The number of anilines is 1. The number of nitrogens with zero attached hydrogens (tertiary/aromatic N) is 2. The fourth-order valence-electron chi connectivity index (χ4n) is 2.57. The highest BCUT2D eigenvalue weighted by atomic mass is 19.1. The van der Waals surface area contributed by atoms with E-state index in [4.69, 9.17) is 0 Å². The zero-order valence-corrected chi connectivity index (χ0v) is 14.2. The largest absolute Gasteiger partial charge is 0.367 e. The molecule has 1 aromatic rings. The van der Waals surface area contributed by atoms with E-state index in [0.717, 1.165) is 0 Å². The van der Waals surface area contributed by atoms with E-state index in [1.165, 1.54) is 6.07 Å². The van der Waals surface area contributed by atoms with Gasteiger partial charge in [-0.2, -0.15) is 0 Å². The lowest BCUT2D eigenvalue weighted by atomic mass is 10.2. The Kier molecular flexibility index (Phi) is 6.54. The van der Waals surface area contributed by atoms with Crippen molar-refractivity contribution in [1.29, 1.82) is 0 Å². The van der Waals surface area contributed by atoms with Crippen LogP contribution in [0, 0.1) is 11.7 Å². The number of rotatable bonds is 5. The van der Waals surface area contributed by atoms with Gasteiger partial charge in [-0.05, 0) is 18.1 Å². The molecule has 1 aliphatic rings. The summed E-state index contributed by atoms with van der Waals surface area (Å²) in [5, 5.41) is 4.98. The van der Waals surface area contributed by atoms with Crippen LogP contribution < -0.4 is 15.5 Å². The first kappa shape index (κ1) is 18.2. The topological polar surface area (TPSA) is 64.7 Å². The van der Waals surface area contributed by atoms with Crippen LogP contribution in [0.25, 0.3) is 0 Å². The molecule has 2 rings (SSSR count). The van der Waals surface area contributed by atoms with E-state index < -0.39 is 6.03 Å². The SMILES string of the molecule is CC(C)CNC(=O)NC(=O)CN1CCN(c2ccccc2F)CC1. The smallest absolute Gasteiger partial charge is 0.321 e. The quantitative estimate of drug-likeness (QED) is 0.854. The minimum Gasteiger partial charge on any atom is -0.367 e. The van der Waals surface area contributed by atoms with E-state index in [2.05, 4.69) is 10.6 Å². The van der Waals surface area contributed by atoms with Gasteiger partial charge in [-0.15, -0.1) is 0 Å². The van der Waals surface area contributed by atoms with Gasteiger partial charge >= 0.3 is 6.03 Å². The lowest BCUT2D eigenvalue weighted by molar-refractivity contribution is -0.121. The van der Waals surface area contributed by atoms with Gasteiger partial charge in [-0.1, -0.05) is 26.0 Å². The zero-order chi connectivity index (χ0) is 17.5. The van der Waals surface area contributed by atoms with Gasteiger partial charge in [0.2, 0.25) is 5.91 Å². The fourth-order valence-corrected chi connectivity index (χ4v) is 2.57. The molecule has 0 aliphatic carbocycles. The molecule has 1 aromatic carbocycles. The number of amides is 3. The van der Waals surface area contributed by atoms with Crippen LogP contribution in [-0.2, 0) is 4.79 Å². The summed E-state index contributed by atoms with van der Waals surface area (Å²) in [6, 6.07) is 6.23. The van der Waals surface area contributed by atoms with Crippen LogP contribution in [0.2, 0.25) is 0 Å². The summed E-state index contributed by atoms with van der Waals surface area (Å²) >= 11 is 0. The molecule has 0 saturated carbocycles. The third kappa shape index (κ3) is 5.49. The number of piperazine rings is 1. The Morgan fingerprint density at radius 1 is 1.17 bits per heavy atom. The van der Waals surface area contributed by atoms with Crippen molar-refractivity contribution < 1.29 is 14.0 Å². The highest BCUT2D eigenvalue weighted by Crippen LogP contribution is 2.19. The number of benzene rings is 1. The van der Waals surface area contributed by atoms with Crippen molar-refractivity contribution in [3.05, 3.63) is 30.1 Å². The summed E-state index contributed by atoms with van der Waals surface area (Å²) in [7, 11) is 0. The van der Waals surface area contributed by atoms with Gasteiger partial charge in [0.05, 0.1) is 12.2 Å². The molecule has 2 N–H and O–H groups in total. The molecule has 0 atom stereocenters. The van der Waals surface area contributed by atoms with Gasteiger partial charge in [-0.25, -0.2) is 9.18 Å². The number of halogens is 1. The second-order valence-corrected chi connectivity index (χ2v) is 6.37. The lowest BCUT2D eigenvalue weighted by Gasteiger charge is -2.35. The average Bonchev–Trinajstić information content (AvgIpc) is 2.54. The van der Waals surface area contributed by atoms with E-state index >= 15 is 0 Å². The molecule has 7 heteroatoms. The number of nitrogens with one attached hydrogen (secondary N) is 2. The van der Waals surface area contributed by atoms with Gasteiger partial charge in [0.25, 0.3) is 0 Å². The molecule has 132 valence electrons. The lowest BCUT2D eigenvalue weighted by Crippen LogP contribution is -2.51. The summed E-state index contributed by atoms with van der Waals surface area (Å²) < 4.78 is 13.8. The summed E-state index contributed by atoms with van der Waals surface area (Å²) in [6.45, 7) is 7.25. The molecule has 0 unspecified atom stereocenters. The van der Waals surface area contributed by atoms with Gasteiger partial charge < -0.3 is 10.2 Å². The maximum Gasteiger partial charge on any atom is 0.321 e. The van der Waals surface area contributed by atoms with Crippen molar-refractivity contribution in [2.24, 2.45) is 5.92 Å². The number of carbonyl (C=O) groups is 2. The van der Waals surface area contributed by atoms with Crippen LogP contribution in [0.5, 0.6) is 0 Å². The maximum absolute atomic E-state index is 13.8. The van der Waals surface area contributed by atoms with Crippen LogP contribution in [0.3, 0.4) is 0 Å². The molecular weight excluding hydrogens is 311 g/mol. The number of hydrogen-bond acceptors (Lipinski definition) is 4. The van der Waals surface area contributed by atoms with Gasteiger partial charge in [-0.3, -0.25) is 15.0 Å². The third-order valence-corrected chi connectivity index (χ3v) is 3.86. The Bertz CT molecular complexity index is 571. The molecule has 1 fully saturated rings. The number of urea groups is 1. The van der Waals surface area contributed by atoms with Gasteiger partial charge in [0, 0.05) is 32.7 Å². The highest BCUT2D eigenvalue weighted by molar-refractivity contribution is 5.95. The van der Waals surface area contributed by atoms with Crippen molar-refractivity contribution in [2.75, 3.05) is 44.2 Å². The Morgan fingerprint density at radius 2 is 1.83 bits per heavy atom. The number of imide groups is 1. The predicted octanol–water partition coefficient (Wildman–Crippen LogP) is 1.43. The Morgan fingerprint density at radius 3 is 2.46 bits per heavy atom. The summed E-state index contributed by atoms with van der Waals surface area (Å²) in [5.74, 6) is -0.224. The molecule has 1 heterocycles. The molecular formula is C17H25FN4O2. The molecule has 1 aliphatic heterocycles. The second-order valence-electron chi connectivity index (χ2n) is 6.37. The van der Waals surface area contributed by atoms with Crippen molar-refractivity contribution in [1.82, 2.24) is 15.5 Å². The molecule has 0 spiro atoms. The second kappa shape index (κ2) is 8.63. The molecule has 0 bridgehead atoms. The van der Waals surface area contributed by atoms with Gasteiger partial charge in [0.15, 0.2) is 0 Å². The van der Waals surface area contributed by atoms with Gasteiger partial charge in [0.1, 0.15) is 5.82 Å². The summed E-state index contributed by atoms with van der Waals surface area (Å²) in [5.41, 5.74) is 0.592. The minimum atomic E-state index is -0.460. The van der Waals surface area contributed by atoms with E-state index in [0.29, 0.717) is 44.3 Å². The Hall–Kier alpha value is -2.15. The number of carbonyl (C=O) groups excluding carboxylic acids is 2. The minimum absolute atomic E-state index is 0.167. The molecule has 1 saturated heterocycles. The van der Waals surface area contributed by atoms with E-state index in [1.54, 1.807) is 12.1 Å². The molecule has 6 nitrogen and oxygen atoms in total. The van der Waals surface area contributed by atoms with Crippen LogP contribution in [0.15, 0.2) is 24.3 Å². The average molecular weight is 336 g/mol. The molecule has 0 aromatic heterocycles. The van der Waals surface area contributed by atoms with E-state index in [-0.39, 0.29) is 18.3 Å². The van der Waals surface area contributed by atoms with Crippen LogP contribution in [0.4, 0.5) is 14.9 Å². The standard InChI is InChI=1S/C17H25FN4O2/c1-13(2)11-19-17(24)20-16(23)12-21-7-9-22(10-8-21)15-6-4-3-5-14(15)18/h3-6,13H,7-12H2,1-2H3,(H2,19,20,23,24). The Labute approximate surface area is 142 Å². The molecule has 3 amide bonds. The molecule has 0 radical (unpaired) electrons. The highest BCUT2D eigenvalue weighted by Gasteiger charge is 2.21. The third-order valence-electron chi connectivity index (χ3n) is 3.86. The summed E-state index contributed by atoms with van der Waals surface area (Å²) in [4.78, 5) is 27.4.